The zero-order chi connectivity index (χ0) is 19.7. The summed E-state index contributed by atoms with van der Waals surface area (Å²) in [5.74, 6) is -0.0285. The molecule has 4 rings (SSSR count). The van der Waals surface area contributed by atoms with Crippen molar-refractivity contribution in [2.45, 2.75) is 45.2 Å². The van der Waals surface area contributed by atoms with Crippen LogP contribution in [0.5, 0.6) is 0 Å². The van der Waals surface area contributed by atoms with Gasteiger partial charge in [-0.25, -0.2) is 4.98 Å². The maximum absolute atomic E-state index is 13.0. The number of benzene rings is 1. The monoisotopic (exact) mass is 415 g/mol. The van der Waals surface area contributed by atoms with E-state index in [1.807, 2.05) is 24.3 Å². The van der Waals surface area contributed by atoms with E-state index in [4.69, 9.17) is 11.6 Å². The van der Waals surface area contributed by atoms with Gasteiger partial charge in [0.05, 0.1) is 11.7 Å². The summed E-state index contributed by atoms with van der Waals surface area (Å²) in [5.41, 5.74) is 2.07. The normalized spacial score (nSPS) is 13.5. The minimum atomic E-state index is -0.0285. The molecule has 7 heteroatoms. The van der Waals surface area contributed by atoms with Crippen LogP contribution in [0.15, 0.2) is 35.4 Å². The van der Waals surface area contributed by atoms with Gasteiger partial charge in [0.1, 0.15) is 4.83 Å². The molecule has 2 heterocycles. The second-order valence-corrected chi connectivity index (χ2v) is 8.72. The van der Waals surface area contributed by atoms with E-state index >= 15 is 0 Å². The van der Waals surface area contributed by atoms with Crippen molar-refractivity contribution in [3.63, 3.8) is 0 Å². The van der Waals surface area contributed by atoms with Gasteiger partial charge in [-0.15, -0.1) is 11.3 Å². The van der Waals surface area contributed by atoms with Gasteiger partial charge >= 0.3 is 0 Å². The molecular formula is C21H22ClN3O2S. The minimum absolute atomic E-state index is 0.0223. The van der Waals surface area contributed by atoms with Gasteiger partial charge in [-0.05, 0) is 42.9 Å². The summed E-state index contributed by atoms with van der Waals surface area (Å²) in [4.78, 5) is 33.8. The molecule has 1 aliphatic carbocycles. The highest BCUT2D eigenvalue weighted by Crippen LogP contribution is 2.33. The molecule has 28 heavy (non-hydrogen) atoms. The number of aromatic nitrogens is 2. The molecule has 1 aromatic carbocycles. The molecule has 5 nitrogen and oxygen atoms in total. The number of rotatable bonds is 5. The van der Waals surface area contributed by atoms with Crippen LogP contribution in [0.1, 0.15) is 35.3 Å². The molecule has 0 saturated carbocycles. The largest absolute Gasteiger partial charge is 0.341 e. The van der Waals surface area contributed by atoms with E-state index in [1.54, 1.807) is 34.2 Å². The Balaban J connectivity index is 1.48. The van der Waals surface area contributed by atoms with Crippen LogP contribution >= 0.6 is 22.9 Å². The topological polar surface area (TPSA) is 55.2 Å². The molecule has 2 aromatic heterocycles. The van der Waals surface area contributed by atoms with Crippen LogP contribution in [-0.2, 0) is 30.7 Å². The molecule has 146 valence electrons. The van der Waals surface area contributed by atoms with Crippen LogP contribution in [0.3, 0.4) is 0 Å². The molecule has 0 spiro atoms. The number of nitrogens with zero attached hydrogens (tertiary/aromatic N) is 3. The summed E-state index contributed by atoms with van der Waals surface area (Å²) < 4.78 is 1.57. The molecule has 0 radical (unpaired) electrons. The quantitative estimate of drug-likeness (QED) is 0.632. The number of fused-ring (bicyclic) bond motifs is 3. The minimum Gasteiger partial charge on any atom is -0.341 e. The van der Waals surface area contributed by atoms with Crippen molar-refractivity contribution in [1.29, 1.82) is 0 Å². The third-order valence-corrected chi connectivity index (χ3v) is 6.87. The third kappa shape index (κ3) is 3.71. The lowest BCUT2D eigenvalue weighted by Crippen LogP contribution is -2.29. The molecule has 0 aliphatic heterocycles. The summed E-state index contributed by atoms with van der Waals surface area (Å²) in [7, 11) is 1.76. The Bertz CT molecular complexity index is 1090. The second-order valence-electron chi connectivity index (χ2n) is 7.23. The Labute approximate surface area is 172 Å². The van der Waals surface area contributed by atoms with Crippen LogP contribution < -0.4 is 5.56 Å². The first-order chi connectivity index (χ1) is 13.5. The first-order valence-electron chi connectivity index (χ1n) is 9.51. The van der Waals surface area contributed by atoms with E-state index in [2.05, 4.69) is 4.98 Å². The molecule has 0 bridgehead atoms. The maximum atomic E-state index is 13.0. The van der Waals surface area contributed by atoms with Crippen molar-refractivity contribution in [2.24, 2.45) is 0 Å². The fraction of sp³-hybridized carbons (Fsp3) is 0.381. The standard InChI is InChI=1S/C21H22ClN3O2S/c1-24(12-14-6-2-4-8-16(14)22)18(26)10-11-25-13-23-20-19(21(25)27)15-7-3-5-9-17(15)28-20/h2,4,6,8,13H,3,5,7,9-12H2,1H3. The molecule has 0 atom stereocenters. The second kappa shape index (κ2) is 8.05. The van der Waals surface area contributed by atoms with Gasteiger partial charge in [0.25, 0.3) is 5.56 Å². The average Bonchev–Trinajstić information content (AvgIpc) is 3.08. The third-order valence-electron chi connectivity index (χ3n) is 5.30. The number of amides is 1. The molecule has 3 aromatic rings. The first-order valence-corrected chi connectivity index (χ1v) is 10.7. The highest BCUT2D eigenvalue weighted by Gasteiger charge is 2.20. The van der Waals surface area contributed by atoms with E-state index < -0.39 is 0 Å². The zero-order valence-corrected chi connectivity index (χ0v) is 17.4. The lowest BCUT2D eigenvalue weighted by Gasteiger charge is -2.18. The Morgan fingerprint density at radius 3 is 2.89 bits per heavy atom. The van der Waals surface area contributed by atoms with Gasteiger partial charge < -0.3 is 4.90 Å². The van der Waals surface area contributed by atoms with Gasteiger partial charge in [-0.1, -0.05) is 29.8 Å². The number of hydrogen-bond donors (Lipinski definition) is 0. The number of carbonyl (C=O) groups excluding carboxylic acids is 1. The predicted molar refractivity (Wildman–Crippen MR) is 113 cm³/mol. The molecule has 0 N–H and O–H groups in total. The summed E-state index contributed by atoms with van der Waals surface area (Å²) in [5, 5.41) is 1.41. The van der Waals surface area contributed by atoms with E-state index in [0.29, 0.717) is 18.1 Å². The Hall–Kier alpha value is -2.18. The Kier molecular flexibility index (Phi) is 5.51. The molecule has 1 aliphatic rings. The fourth-order valence-corrected chi connectivity index (χ4v) is 5.13. The van der Waals surface area contributed by atoms with Gasteiger partial charge in [0, 0.05) is 36.5 Å². The van der Waals surface area contributed by atoms with Gasteiger partial charge in [-0.2, -0.15) is 0 Å². The SMILES string of the molecule is CN(Cc1ccccc1Cl)C(=O)CCn1cnc2sc3c(c2c1=O)CCCC3. The maximum Gasteiger partial charge on any atom is 0.262 e. The van der Waals surface area contributed by atoms with Crippen molar-refractivity contribution in [1.82, 2.24) is 14.5 Å². The predicted octanol–water partition coefficient (Wildman–Crippen LogP) is 4.04. The van der Waals surface area contributed by atoms with Crippen molar-refractivity contribution >= 4 is 39.1 Å². The highest BCUT2D eigenvalue weighted by molar-refractivity contribution is 7.18. The molecular weight excluding hydrogens is 394 g/mol. The number of thiophene rings is 1. The van der Waals surface area contributed by atoms with Crippen LogP contribution in [0.2, 0.25) is 5.02 Å². The van der Waals surface area contributed by atoms with Crippen molar-refractivity contribution < 1.29 is 4.79 Å². The fourth-order valence-electron chi connectivity index (χ4n) is 3.72. The number of halogens is 1. The summed E-state index contributed by atoms with van der Waals surface area (Å²) in [6.07, 6.45) is 6.13. The number of hydrogen-bond acceptors (Lipinski definition) is 4. The van der Waals surface area contributed by atoms with Gasteiger partial charge in [0.15, 0.2) is 0 Å². The molecule has 0 fully saturated rings. The van der Waals surface area contributed by atoms with Crippen molar-refractivity contribution in [2.75, 3.05) is 7.05 Å². The summed E-state index contributed by atoms with van der Waals surface area (Å²) in [6.45, 7) is 0.779. The van der Waals surface area contributed by atoms with Crippen LogP contribution in [-0.4, -0.2) is 27.4 Å². The lowest BCUT2D eigenvalue weighted by molar-refractivity contribution is -0.130. The average molecular weight is 416 g/mol. The van der Waals surface area contributed by atoms with E-state index in [0.717, 1.165) is 35.0 Å². The van der Waals surface area contributed by atoms with E-state index in [-0.39, 0.29) is 17.9 Å². The molecule has 0 saturated heterocycles. The van der Waals surface area contributed by atoms with Gasteiger partial charge in [-0.3, -0.25) is 14.2 Å². The Morgan fingerprint density at radius 1 is 1.29 bits per heavy atom. The molecule has 0 unspecified atom stereocenters. The lowest BCUT2D eigenvalue weighted by atomic mass is 9.97. The van der Waals surface area contributed by atoms with Crippen molar-refractivity contribution in [3.8, 4) is 0 Å². The van der Waals surface area contributed by atoms with Crippen LogP contribution in [0, 0.1) is 0 Å². The number of carbonyl (C=O) groups is 1. The zero-order valence-electron chi connectivity index (χ0n) is 15.8. The summed E-state index contributed by atoms with van der Waals surface area (Å²) >= 11 is 7.82. The van der Waals surface area contributed by atoms with Gasteiger partial charge in [0.2, 0.25) is 5.91 Å². The number of aryl methyl sites for hydroxylation is 3. The smallest absolute Gasteiger partial charge is 0.262 e. The van der Waals surface area contributed by atoms with E-state index in [9.17, 15) is 9.59 Å². The van der Waals surface area contributed by atoms with Crippen LogP contribution in [0.25, 0.3) is 10.2 Å². The van der Waals surface area contributed by atoms with E-state index in [1.165, 1.54) is 16.9 Å². The summed E-state index contributed by atoms with van der Waals surface area (Å²) in [6, 6.07) is 7.50. The molecule has 1 amide bonds. The Morgan fingerprint density at radius 2 is 2.07 bits per heavy atom. The van der Waals surface area contributed by atoms with Crippen LogP contribution in [0.4, 0.5) is 0 Å². The van der Waals surface area contributed by atoms with Crippen molar-refractivity contribution in [3.05, 3.63) is 62.0 Å². The first kappa shape index (κ1) is 19.2. The highest BCUT2D eigenvalue weighted by atomic mass is 35.5.